The van der Waals surface area contributed by atoms with Gasteiger partial charge in [-0.2, -0.15) is 0 Å². The molecule has 4 aromatic rings. The smallest absolute Gasteiger partial charge is 0.251 e. The molecule has 0 saturated heterocycles. The third-order valence-corrected chi connectivity index (χ3v) is 7.44. The molecule has 218 valence electrons. The van der Waals surface area contributed by atoms with Crippen molar-refractivity contribution in [2.24, 2.45) is 11.7 Å². The van der Waals surface area contributed by atoms with Gasteiger partial charge in [-0.05, 0) is 79.8 Å². The number of ether oxygens (including phenoxy) is 1. The Morgan fingerprint density at radius 1 is 1.14 bits per heavy atom. The Morgan fingerprint density at radius 3 is 2.52 bits per heavy atom. The minimum Gasteiger partial charge on any atom is -0.490 e. The van der Waals surface area contributed by atoms with Gasteiger partial charge in [-0.15, -0.1) is 0 Å². The monoisotopic (exact) mass is 578 g/mol. The van der Waals surface area contributed by atoms with Gasteiger partial charge in [0.1, 0.15) is 41.1 Å². The molecular weight excluding hydrogens is 549 g/mol. The molecule has 0 spiro atoms. The Balaban J connectivity index is 0.00000113. The average molecular weight is 579 g/mol. The molecule has 2 unspecified atom stereocenters. The quantitative estimate of drug-likeness (QED) is 0.292. The molecule has 1 aliphatic heterocycles. The maximum atomic E-state index is 14.7. The standard InChI is InChI=1S/C30H26F2N4O3.CH3FO/c1-15-8-18-9-19(10-24(32)26(18)34-12-15)30(38)35-13-22(16-2-3-16)25-11-21-23(29(33)37)14-39-28(21)27(36-25)17-4-6-20(31)7-5-17;2-1-3/h4-12,16,22-23H,2-3,13-14H2,1H3,(H2,33,37)(H,35,38);3H,1H2. The van der Waals surface area contributed by atoms with E-state index in [1.54, 1.807) is 30.5 Å². The number of aromatic nitrogens is 2. The first-order valence-electron chi connectivity index (χ1n) is 13.4. The molecule has 1 saturated carbocycles. The van der Waals surface area contributed by atoms with Crippen LogP contribution in [0.3, 0.4) is 0 Å². The highest BCUT2D eigenvalue weighted by molar-refractivity contribution is 5.98. The second kappa shape index (κ2) is 12.2. The summed E-state index contributed by atoms with van der Waals surface area (Å²) in [7, 11) is 0. The van der Waals surface area contributed by atoms with Crippen molar-refractivity contribution < 1.29 is 32.6 Å². The molecule has 1 fully saturated rings. The molecule has 2 aliphatic rings. The Bertz CT molecular complexity index is 1640. The van der Waals surface area contributed by atoms with Crippen LogP contribution in [0.25, 0.3) is 22.2 Å². The SMILES string of the molecule is Cc1cnc2c(F)cc(C(=O)NCC(c3cc4c(c(-c5ccc(F)cc5)n3)OCC4C(N)=O)C3CC3)cc2c1.OCF. The van der Waals surface area contributed by atoms with Crippen LogP contribution >= 0.6 is 0 Å². The first-order valence-corrected chi connectivity index (χ1v) is 13.4. The molecule has 1 aliphatic carbocycles. The average Bonchev–Trinajstić information content (AvgIpc) is 3.70. The van der Waals surface area contributed by atoms with E-state index in [0.717, 1.165) is 18.4 Å². The summed E-state index contributed by atoms with van der Waals surface area (Å²) in [6.45, 7) is 0.984. The van der Waals surface area contributed by atoms with Crippen molar-refractivity contribution in [3.63, 3.8) is 0 Å². The van der Waals surface area contributed by atoms with E-state index >= 15 is 0 Å². The normalized spacial score (nSPS) is 16.2. The number of rotatable bonds is 7. The lowest BCUT2D eigenvalue weighted by molar-refractivity contribution is -0.119. The maximum absolute atomic E-state index is 14.7. The molecule has 42 heavy (non-hydrogen) atoms. The number of alkyl halides is 1. The number of fused-ring (bicyclic) bond motifs is 2. The van der Waals surface area contributed by atoms with Gasteiger partial charge < -0.3 is 20.9 Å². The van der Waals surface area contributed by atoms with Gasteiger partial charge in [-0.3, -0.25) is 14.6 Å². The summed E-state index contributed by atoms with van der Waals surface area (Å²) in [5, 5.41) is 10.4. The van der Waals surface area contributed by atoms with E-state index in [1.807, 2.05) is 13.0 Å². The number of pyridine rings is 2. The summed E-state index contributed by atoms with van der Waals surface area (Å²) in [6, 6.07) is 12.4. The second-order valence-electron chi connectivity index (χ2n) is 10.4. The molecule has 0 bridgehead atoms. The zero-order valence-corrected chi connectivity index (χ0v) is 22.7. The summed E-state index contributed by atoms with van der Waals surface area (Å²) < 4.78 is 44.0. The van der Waals surface area contributed by atoms with E-state index in [1.165, 1.54) is 18.2 Å². The minimum absolute atomic E-state index is 0.108. The van der Waals surface area contributed by atoms with Crippen LogP contribution in [0.2, 0.25) is 0 Å². The number of halogens is 3. The highest BCUT2D eigenvalue weighted by Crippen LogP contribution is 2.46. The van der Waals surface area contributed by atoms with E-state index in [0.29, 0.717) is 33.7 Å². The van der Waals surface area contributed by atoms with E-state index in [4.69, 9.17) is 20.6 Å². The lowest BCUT2D eigenvalue weighted by atomic mass is 9.92. The third-order valence-electron chi connectivity index (χ3n) is 7.44. The largest absolute Gasteiger partial charge is 0.490 e. The first kappa shape index (κ1) is 29.0. The summed E-state index contributed by atoms with van der Waals surface area (Å²) in [5.74, 6) is -1.88. The van der Waals surface area contributed by atoms with Crippen molar-refractivity contribution in [3.8, 4) is 17.0 Å². The molecule has 2 aromatic carbocycles. The maximum Gasteiger partial charge on any atom is 0.251 e. The number of aliphatic hydroxyl groups is 1. The molecule has 2 amide bonds. The topological polar surface area (TPSA) is 127 Å². The Kier molecular flexibility index (Phi) is 8.39. The predicted molar refractivity (Wildman–Crippen MR) is 149 cm³/mol. The van der Waals surface area contributed by atoms with Crippen molar-refractivity contribution in [1.29, 1.82) is 0 Å². The van der Waals surface area contributed by atoms with Crippen LogP contribution in [0, 0.1) is 24.5 Å². The van der Waals surface area contributed by atoms with Crippen molar-refractivity contribution in [1.82, 2.24) is 15.3 Å². The lowest BCUT2D eigenvalue weighted by Gasteiger charge is -2.20. The van der Waals surface area contributed by atoms with Crippen LogP contribution in [0.4, 0.5) is 13.2 Å². The molecule has 11 heteroatoms. The van der Waals surface area contributed by atoms with Gasteiger partial charge >= 0.3 is 0 Å². The lowest BCUT2D eigenvalue weighted by Crippen LogP contribution is -2.30. The summed E-state index contributed by atoms with van der Waals surface area (Å²) >= 11 is 0. The van der Waals surface area contributed by atoms with Gasteiger partial charge in [0, 0.05) is 46.4 Å². The zero-order chi connectivity index (χ0) is 30.0. The number of nitrogens with zero attached hydrogens (tertiary/aromatic N) is 2. The number of hydrogen-bond donors (Lipinski definition) is 3. The highest BCUT2D eigenvalue weighted by atomic mass is 19.1. The first-order chi connectivity index (χ1) is 20.2. The molecule has 3 heterocycles. The van der Waals surface area contributed by atoms with Crippen molar-refractivity contribution >= 4 is 22.7 Å². The Morgan fingerprint density at radius 2 is 1.86 bits per heavy atom. The number of carbonyl (C=O) groups excluding carboxylic acids is 2. The van der Waals surface area contributed by atoms with Gasteiger partial charge in [-0.25, -0.2) is 18.2 Å². The van der Waals surface area contributed by atoms with Crippen molar-refractivity contribution in [2.75, 3.05) is 20.0 Å². The number of amides is 2. The number of benzene rings is 2. The van der Waals surface area contributed by atoms with Crippen LogP contribution in [-0.2, 0) is 4.79 Å². The summed E-state index contributed by atoms with van der Waals surface area (Å²) in [4.78, 5) is 34.3. The van der Waals surface area contributed by atoms with E-state index in [-0.39, 0.29) is 41.9 Å². The van der Waals surface area contributed by atoms with Gasteiger partial charge in [0.15, 0.2) is 6.86 Å². The zero-order valence-electron chi connectivity index (χ0n) is 22.7. The van der Waals surface area contributed by atoms with E-state index in [9.17, 15) is 22.8 Å². The van der Waals surface area contributed by atoms with Crippen molar-refractivity contribution in [3.05, 3.63) is 88.7 Å². The van der Waals surface area contributed by atoms with Crippen LogP contribution in [0.1, 0.15) is 51.9 Å². The van der Waals surface area contributed by atoms with Crippen LogP contribution in [0.15, 0.2) is 54.7 Å². The minimum atomic E-state index is -1.25. The molecule has 2 atom stereocenters. The second-order valence-corrected chi connectivity index (χ2v) is 10.4. The van der Waals surface area contributed by atoms with Crippen LogP contribution < -0.4 is 15.8 Å². The van der Waals surface area contributed by atoms with E-state index < -0.39 is 30.4 Å². The number of carbonyl (C=O) groups is 2. The number of hydrogen-bond acceptors (Lipinski definition) is 6. The van der Waals surface area contributed by atoms with Crippen LogP contribution in [-0.4, -0.2) is 46.9 Å². The number of nitrogens with two attached hydrogens (primary N) is 1. The fourth-order valence-corrected chi connectivity index (χ4v) is 5.23. The molecule has 2 aromatic heterocycles. The molecular formula is C31H29F3N4O4. The molecule has 0 radical (unpaired) electrons. The summed E-state index contributed by atoms with van der Waals surface area (Å²) in [6.07, 6.45) is 3.52. The Labute approximate surface area is 239 Å². The fraction of sp³-hybridized carbons (Fsp3) is 0.290. The number of primary amides is 1. The number of nitrogens with one attached hydrogen (secondary N) is 1. The van der Waals surface area contributed by atoms with Crippen LogP contribution in [0.5, 0.6) is 5.75 Å². The Hall–Kier alpha value is -4.51. The fourth-order valence-electron chi connectivity index (χ4n) is 5.23. The van der Waals surface area contributed by atoms with Gasteiger partial charge in [0.05, 0.1) is 0 Å². The highest BCUT2D eigenvalue weighted by Gasteiger charge is 2.38. The van der Waals surface area contributed by atoms with Gasteiger partial charge in [-0.1, -0.05) is 0 Å². The number of aliphatic hydroxyl groups excluding tert-OH is 1. The molecule has 8 nitrogen and oxygen atoms in total. The van der Waals surface area contributed by atoms with Gasteiger partial charge in [0.2, 0.25) is 5.91 Å². The summed E-state index contributed by atoms with van der Waals surface area (Å²) in [5.41, 5.74) is 9.44. The number of aryl methyl sites for hydroxylation is 1. The van der Waals surface area contributed by atoms with E-state index in [2.05, 4.69) is 10.3 Å². The third kappa shape index (κ3) is 6.06. The molecule has 4 N–H and O–H groups in total. The van der Waals surface area contributed by atoms with Crippen molar-refractivity contribution in [2.45, 2.75) is 31.6 Å². The van der Waals surface area contributed by atoms with Gasteiger partial charge in [0.25, 0.3) is 5.91 Å². The molecule has 6 rings (SSSR count). The predicted octanol–water partition coefficient (Wildman–Crippen LogP) is 4.67.